The highest BCUT2D eigenvalue weighted by atomic mass is 32.2. The standard InChI is InChI=1S/C25H27NO6S/c1-5-20-17-25(23(27)31-3,24(28)32-4)22(16-13-19-9-7-6-8-10-19)26(20)33(29,30)21-14-11-18(2)12-15-21/h5-16,20,22H,1,17H2,2-4H3/b16-13+/t20-,22+/m0/s1. The minimum atomic E-state index is -4.13. The minimum absolute atomic E-state index is 0.0450. The maximum absolute atomic E-state index is 13.8. The van der Waals surface area contributed by atoms with Gasteiger partial charge in [0, 0.05) is 6.04 Å². The normalized spacial score (nSPS) is 20.5. The summed E-state index contributed by atoms with van der Waals surface area (Å²) >= 11 is 0. The third-order valence-electron chi connectivity index (χ3n) is 5.88. The number of methoxy groups -OCH3 is 2. The number of carbonyl (C=O) groups is 2. The van der Waals surface area contributed by atoms with Crippen LogP contribution in [0.4, 0.5) is 0 Å². The van der Waals surface area contributed by atoms with Gasteiger partial charge in [0.1, 0.15) is 0 Å². The summed E-state index contributed by atoms with van der Waals surface area (Å²) in [6.45, 7) is 5.62. The van der Waals surface area contributed by atoms with E-state index in [1.165, 1.54) is 18.2 Å². The number of ether oxygens (including phenoxy) is 2. The first-order valence-corrected chi connectivity index (χ1v) is 11.8. The number of rotatable bonds is 7. The number of esters is 2. The zero-order valence-electron chi connectivity index (χ0n) is 18.8. The summed E-state index contributed by atoms with van der Waals surface area (Å²) in [5, 5.41) is 0. The first kappa shape index (κ1) is 24.4. The first-order chi connectivity index (χ1) is 15.7. The molecule has 8 heteroatoms. The number of hydrogen-bond donors (Lipinski definition) is 0. The Morgan fingerprint density at radius 3 is 2.12 bits per heavy atom. The molecule has 0 unspecified atom stereocenters. The van der Waals surface area contributed by atoms with Crippen LogP contribution in [0.25, 0.3) is 6.08 Å². The van der Waals surface area contributed by atoms with E-state index in [9.17, 15) is 18.0 Å². The summed E-state index contributed by atoms with van der Waals surface area (Å²) in [5.74, 6) is -1.74. The Kier molecular flexibility index (Phi) is 7.19. The van der Waals surface area contributed by atoms with E-state index in [1.54, 1.807) is 24.3 Å². The molecular formula is C25H27NO6S. The van der Waals surface area contributed by atoms with E-state index in [0.29, 0.717) is 0 Å². The number of benzene rings is 2. The molecule has 0 bridgehead atoms. The predicted octanol–water partition coefficient (Wildman–Crippen LogP) is 3.36. The lowest BCUT2D eigenvalue weighted by Gasteiger charge is -2.32. The van der Waals surface area contributed by atoms with Crippen LogP contribution in [0, 0.1) is 12.3 Å². The van der Waals surface area contributed by atoms with Crippen molar-refractivity contribution in [3.63, 3.8) is 0 Å². The third kappa shape index (κ3) is 4.36. The van der Waals surface area contributed by atoms with Crippen LogP contribution in [0.15, 0.2) is 78.2 Å². The zero-order valence-corrected chi connectivity index (χ0v) is 19.6. The van der Waals surface area contributed by atoms with Crippen molar-refractivity contribution in [3.8, 4) is 0 Å². The number of nitrogens with zero attached hydrogens (tertiary/aromatic N) is 1. The molecule has 1 fully saturated rings. The van der Waals surface area contributed by atoms with Crippen LogP contribution in [0.5, 0.6) is 0 Å². The number of hydrogen-bond acceptors (Lipinski definition) is 6. The van der Waals surface area contributed by atoms with Crippen LogP contribution in [0.2, 0.25) is 0 Å². The molecule has 3 rings (SSSR count). The second-order valence-electron chi connectivity index (χ2n) is 7.82. The van der Waals surface area contributed by atoms with E-state index in [4.69, 9.17) is 9.47 Å². The van der Waals surface area contributed by atoms with Crippen molar-refractivity contribution in [2.45, 2.75) is 30.3 Å². The molecule has 2 aromatic rings. The molecule has 1 aliphatic rings. The summed E-state index contributed by atoms with van der Waals surface area (Å²) in [6, 6.07) is 13.5. The zero-order chi connectivity index (χ0) is 24.2. The fourth-order valence-corrected chi connectivity index (χ4v) is 5.97. The van der Waals surface area contributed by atoms with Crippen molar-refractivity contribution in [2.75, 3.05) is 14.2 Å². The van der Waals surface area contributed by atoms with Crippen molar-refractivity contribution >= 4 is 28.0 Å². The molecule has 2 aromatic carbocycles. The maximum atomic E-state index is 13.8. The Balaban J connectivity index is 2.25. The molecule has 0 amide bonds. The highest BCUT2D eigenvalue weighted by molar-refractivity contribution is 7.89. The van der Waals surface area contributed by atoms with Gasteiger partial charge in [0.2, 0.25) is 10.0 Å². The molecule has 1 saturated heterocycles. The molecule has 174 valence electrons. The van der Waals surface area contributed by atoms with Crippen LogP contribution >= 0.6 is 0 Å². The second-order valence-corrected chi connectivity index (χ2v) is 9.67. The molecule has 0 spiro atoms. The lowest BCUT2D eigenvalue weighted by atomic mass is 9.79. The molecule has 0 N–H and O–H groups in total. The van der Waals surface area contributed by atoms with Gasteiger partial charge in [0.25, 0.3) is 0 Å². The summed E-state index contributed by atoms with van der Waals surface area (Å²) in [7, 11) is -1.81. The van der Waals surface area contributed by atoms with Gasteiger partial charge in [0.15, 0.2) is 5.41 Å². The highest BCUT2D eigenvalue weighted by Crippen LogP contribution is 2.47. The fourth-order valence-electron chi connectivity index (χ4n) is 4.18. The average Bonchev–Trinajstić information content (AvgIpc) is 3.18. The Bertz CT molecular complexity index is 1140. The molecule has 2 atom stereocenters. The van der Waals surface area contributed by atoms with Gasteiger partial charge < -0.3 is 9.47 Å². The largest absolute Gasteiger partial charge is 0.468 e. The van der Waals surface area contributed by atoms with Crippen molar-refractivity contribution in [2.24, 2.45) is 5.41 Å². The van der Waals surface area contributed by atoms with Gasteiger partial charge in [-0.1, -0.05) is 66.3 Å². The van der Waals surface area contributed by atoms with Crippen LogP contribution in [0.3, 0.4) is 0 Å². The van der Waals surface area contributed by atoms with Crippen molar-refractivity contribution < 1.29 is 27.5 Å². The van der Waals surface area contributed by atoms with Gasteiger partial charge in [-0.25, -0.2) is 8.42 Å². The Morgan fingerprint density at radius 1 is 1.03 bits per heavy atom. The Morgan fingerprint density at radius 2 is 1.61 bits per heavy atom. The topological polar surface area (TPSA) is 90.0 Å². The van der Waals surface area contributed by atoms with Crippen LogP contribution in [-0.2, 0) is 29.1 Å². The minimum Gasteiger partial charge on any atom is -0.468 e. The van der Waals surface area contributed by atoms with Gasteiger partial charge in [-0.15, -0.1) is 6.58 Å². The monoisotopic (exact) mass is 469 g/mol. The van der Waals surface area contributed by atoms with Crippen LogP contribution in [0.1, 0.15) is 17.5 Å². The van der Waals surface area contributed by atoms with Gasteiger partial charge in [-0.05, 0) is 31.0 Å². The summed E-state index contributed by atoms with van der Waals surface area (Å²) in [4.78, 5) is 26.2. The van der Waals surface area contributed by atoms with Crippen molar-refractivity contribution in [1.82, 2.24) is 4.31 Å². The second kappa shape index (κ2) is 9.72. The molecule has 7 nitrogen and oxygen atoms in total. The highest BCUT2D eigenvalue weighted by Gasteiger charge is 2.64. The van der Waals surface area contributed by atoms with E-state index >= 15 is 0 Å². The fraction of sp³-hybridized carbons (Fsp3) is 0.280. The molecule has 1 aliphatic heterocycles. The molecular weight excluding hydrogens is 442 g/mol. The molecule has 0 aliphatic carbocycles. The number of sulfonamides is 1. The van der Waals surface area contributed by atoms with Gasteiger partial charge in [-0.3, -0.25) is 9.59 Å². The smallest absolute Gasteiger partial charge is 0.325 e. The van der Waals surface area contributed by atoms with E-state index in [2.05, 4.69) is 6.58 Å². The van der Waals surface area contributed by atoms with Gasteiger partial charge >= 0.3 is 11.9 Å². The van der Waals surface area contributed by atoms with E-state index in [-0.39, 0.29) is 11.3 Å². The lowest BCUT2D eigenvalue weighted by Crippen LogP contribution is -2.51. The molecule has 0 aromatic heterocycles. The SMILES string of the molecule is C=C[C@H]1CC(C(=O)OC)(C(=O)OC)[C@@H](/C=C/c2ccccc2)N1S(=O)(=O)c1ccc(C)cc1. The van der Waals surface area contributed by atoms with Crippen LogP contribution < -0.4 is 0 Å². The molecule has 1 heterocycles. The summed E-state index contributed by atoms with van der Waals surface area (Å²) < 4.78 is 38.7. The Labute approximate surface area is 194 Å². The van der Waals surface area contributed by atoms with E-state index in [1.807, 2.05) is 37.3 Å². The molecule has 0 radical (unpaired) electrons. The van der Waals surface area contributed by atoms with Crippen molar-refractivity contribution in [1.29, 1.82) is 0 Å². The van der Waals surface area contributed by atoms with Gasteiger partial charge in [0.05, 0.1) is 25.2 Å². The molecule has 33 heavy (non-hydrogen) atoms. The number of carbonyl (C=O) groups excluding carboxylic acids is 2. The lowest BCUT2D eigenvalue weighted by molar-refractivity contribution is -0.169. The predicted molar refractivity (Wildman–Crippen MR) is 125 cm³/mol. The first-order valence-electron chi connectivity index (χ1n) is 10.3. The summed E-state index contributed by atoms with van der Waals surface area (Å²) in [6.07, 6.45) is 4.47. The maximum Gasteiger partial charge on any atom is 0.325 e. The Hall–Kier alpha value is -3.23. The average molecular weight is 470 g/mol. The van der Waals surface area contributed by atoms with Crippen molar-refractivity contribution in [3.05, 3.63) is 84.5 Å². The third-order valence-corrected chi connectivity index (χ3v) is 7.80. The quantitative estimate of drug-likeness (QED) is 0.351. The number of aryl methyl sites for hydroxylation is 1. The summed E-state index contributed by atoms with van der Waals surface area (Å²) in [5.41, 5.74) is -0.226. The molecule has 0 saturated carbocycles. The van der Waals surface area contributed by atoms with Crippen LogP contribution in [-0.4, -0.2) is 51.0 Å². The van der Waals surface area contributed by atoms with E-state index < -0.39 is 39.5 Å². The van der Waals surface area contributed by atoms with E-state index in [0.717, 1.165) is 29.7 Å². The van der Waals surface area contributed by atoms with Gasteiger partial charge in [-0.2, -0.15) is 4.31 Å².